The first-order valence-corrected chi connectivity index (χ1v) is 10.2. The molecule has 148 valence electrons. The second-order valence-corrected chi connectivity index (χ2v) is 8.25. The molecule has 0 atom stereocenters. The number of benzene rings is 2. The summed E-state index contributed by atoms with van der Waals surface area (Å²) in [7, 11) is 1.57. The van der Waals surface area contributed by atoms with Crippen LogP contribution in [-0.4, -0.2) is 18.7 Å². The van der Waals surface area contributed by atoms with Crippen LogP contribution < -0.4 is 11.2 Å². The monoisotopic (exact) mass is 492 g/mol. The smallest absolute Gasteiger partial charge is 0.304 e. The Kier molecular flexibility index (Phi) is 5.38. The van der Waals surface area contributed by atoms with Gasteiger partial charge < -0.3 is 4.57 Å². The lowest BCUT2D eigenvalue weighted by atomic mass is 10.2. The van der Waals surface area contributed by atoms with Gasteiger partial charge in [0.25, 0.3) is 5.56 Å². The fourth-order valence-electron chi connectivity index (χ4n) is 3.20. The zero-order chi connectivity index (χ0) is 20.7. The average molecular weight is 494 g/mol. The molecule has 4 aromatic rings. The van der Waals surface area contributed by atoms with Gasteiger partial charge in [-0.3, -0.25) is 13.9 Å². The molecule has 0 aliphatic carbocycles. The van der Waals surface area contributed by atoms with Gasteiger partial charge in [0.05, 0.1) is 13.1 Å². The minimum Gasteiger partial charge on any atom is -0.304 e. The normalized spacial score (nSPS) is 11.3. The lowest BCUT2D eigenvalue weighted by Gasteiger charge is -2.11. The third-order valence-corrected chi connectivity index (χ3v) is 5.91. The molecular weight excluding hydrogens is 479 g/mol. The van der Waals surface area contributed by atoms with Crippen molar-refractivity contribution < 1.29 is 0 Å². The maximum atomic E-state index is 13.3. The first-order chi connectivity index (χ1) is 13.9. The van der Waals surface area contributed by atoms with Crippen LogP contribution in [0.5, 0.6) is 0 Å². The van der Waals surface area contributed by atoms with Crippen molar-refractivity contribution in [1.82, 2.24) is 18.7 Å². The molecule has 6 nitrogen and oxygen atoms in total. The highest BCUT2D eigenvalue weighted by molar-refractivity contribution is 9.10. The van der Waals surface area contributed by atoms with Crippen molar-refractivity contribution in [1.29, 1.82) is 0 Å². The van der Waals surface area contributed by atoms with Crippen LogP contribution in [0.25, 0.3) is 11.2 Å². The number of aryl methyl sites for hydroxylation is 1. The lowest BCUT2D eigenvalue weighted by molar-refractivity contribution is 0.653. The van der Waals surface area contributed by atoms with Crippen molar-refractivity contribution >= 4 is 50.3 Å². The van der Waals surface area contributed by atoms with Crippen LogP contribution in [0.3, 0.4) is 0 Å². The molecule has 4 rings (SSSR count). The molecule has 0 unspecified atom stereocenters. The predicted octanol–water partition coefficient (Wildman–Crippen LogP) is 4.06. The van der Waals surface area contributed by atoms with E-state index in [0.29, 0.717) is 5.02 Å². The Morgan fingerprint density at radius 1 is 0.966 bits per heavy atom. The van der Waals surface area contributed by atoms with Crippen LogP contribution in [0.2, 0.25) is 10.3 Å². The zero-order valence-corrected chi connectivity index (χ0v) is 18.4. The Morgan fingerprint density at radius 3 is 2.34 bits per heavy atom. The molecule has 2 aromatic carbocycles. The fraction of sp³-hybridized carbons (Fsp3) is 0.150. The van der Waals surface area contributed by atoms with Gasteiger partial charge in [-0.1, -0.05) is 57.9 Å². The van der Waals surface area contributed by atoms with Crippen molar-refractivity contribution in [2.24, 2.45) is 7.05 Å². The predicted molar refractivity (Wildman–Crippen MR) is 118 cm³/mol. The molecule has 9 heteroatoms. The summed E-state index contributed by atoms with van der Waals surface area (Å²) in [5, 5.41) is 0.679. The summed E-state index contributed by atoms with van der Waals surface area (Å²) in [6, 6.07) is 14.7. The molecule has 2 heterocycles. The molecule has 0 saturated heterocycles. The Hall–Kier alpha value is -2.35. The summed E-state index contributed by atoms with van der Waals surface area (Å²) in [6.07, 6.45) is 0. The molecular formula is C20H15BrCl2N4O2. The van der Waals surface area contributed by atoms with E-state index in [2.05, 4.69) is 20.9 Å². The van der Waals surface area contributed by atoms with E-state index in [-0.39, 0.29) is 29.5 Å². The van der Waals surface area contributed by atoms with Gasteiger partial charge in [0.2, 0.25) is 5.28 Å². The Morgan fingerprint density at radius 2 is 1.66 bits per heavy atom. The van der Waals surface area contributed by atoms with Crippen molar-refractivity contribution in [2.75, 3.05) is 0 Å². The lowest BCUT2D eigenvalue weighted by Crippen LogP contribution is -2.40. The minimum absolute atomic E-state index is 0.119. The number of halogens is 3. The van der Waals surface area contributed by atoms with Crippen LogP contribution in [0.15, 0.2) is 62.6 Å². The second kappa shape index (κ2) is 7.82. The summed E-state index contributed by atoms with van der Waals surface area (Å²) < 4.78 is 5.02. The number of aromatic nitrogens is 4. The maximum Gasteiger partial charge on any atom is 0.332 e. The van der Waals surface area contributed by atoms with Gasteiger partial charge >= 0.3 is 5.69 Å². The number of fused-ring (bicyclic) bond motifs is 1. The van der Waals surface area contributed by atoms with E-state index in [4.69, 9.17) is 23.2 Å². The minimum atomic E-state index is -0.454. The number of rotatable bonds is 4. The third-order valence-electron chi connectivity index (χ3n) is 4.73. The SMILES string of the molecule is Cn1c(=O)n(Cc2ccc(Br)cc2)c(=O)c2c1nc(Cl)n2Cc1ccccc1Cl. The summed E-state index contributed by atoms with van der Waals surface area (Å²) in [4.78, 5) is 30.3. The summed E-state index contributed by atoms with van der Waals surface area (Å²) in [6.45, 7) is 0.407. The Labute approximate surface area is 184 Å². The van der Waals surface area contributed by atoms with Crippen LogP contribution in [0.1, 0.15) is 11.1 Å². The first-order valence-electron chi connectivity index (χ1n) is 8.70. The summed E-state index contributed by atoms with van der Waals surface area (Å²) >= 11 is 16.0. The molecule has 0 bridgehead atoms. The molecule has 0 amide bonds. The molecule has 29 heavy (non-hydrogen) atoms. The van der Waals surface area contributed by atoms with Crippen LogP contribution in [0, 0.1) is 0 Å². The van der Waals surface area contributed by atoms with Gasteiger partial charge in [-0.15, -0.1) is 0 Å². The highest BCUT2D eigenvalue weighted by atomic mass is 79.9. The van der Waals surface area contributed by atoms with Crippen molar-refractivity contribution in [3.05, 3.63) is 95.3 Å². The Balaban J connectivity index is 1.90. The van der Waals surface area contributed by atoms with Crippen molar-refractivity contribution in [2.45, 2.75) is 13.1 Å². The van der Waals surface area contributed by atoms with E-state index in [0.717, 1.165) is 15.6 Å². The van der Waals surface area contributed by atoms with Crippen molar-refractivity contribution in [3.63, 3.8) is 0 Å². The number of hydrogen-bond donors (Lipinski definition) is 0. The van der Waals surface area contributed by atoms with Gasteiger partial charge in [0, 0.05) is 16.5 Å². The van der Waals surface area contributed by atoms with E-state index < -0.39 is 11.2 Å². The molecule has 0 N–H and O–H groups in total. The fourth-order valence-corrected chi connectivity index (χ4v) is 3.88. The average Bonchev–Trinajstić information content (AvgIpc) is 3.03. The van der Waals surface area contributed by atoms with Crippen LogP contribution in [0.4, 0.5) is 0 Å². The molecule has 0 radical (unpaired) electrons. The van der Waals surface area contributed by atoms with Gasteiger partial charge in [0.1, 0.15) is 0 Å². The molecule has 0 saturated carbocycles. The molecule has 0 spiro atoms. The van der Waals surface area contributed by atoms with Gasteiger partial charge in [-0.05, 0) is 40.9 Å². The summed E-state index contributed by atoms with van der Waals surface area (Å²) in [5.74, 6) is 0. The largest absolute Gasteiger partial charge is 0.332 e. The van der Waals surface area contributed by atoms with Crippen LogP contribution in [-0.2, 0) is 20.1 Å². The number of imidazole rings is 1. The maximum absolute atomic E-state index is 13.3. The van der Waals surface area contributed by atoms with E-state index in [9.17, 15) is 9.59 Å². The summed E-state index contributed by atoms with van der Waals surface area (Å²) in [5.41, 5.74) is 1.22. The van der Waals surface area contributed by atoms with Gasteiger partial charge in [0.15, 0.2) is 11.2 Å². The zero-order valence-electron chi connectivity index (χ0n) is 15.3. The van der Waals surface area contributed by atoms with Crippen molar-refractivity contribution in [3.8, 4) is 0 Å². The van der Waals surface area contributed by atoms with E-state index in [1.807, 2.05) is 42.5 Å². The molecule has 0 aliphatic rings. The highest BCUT2D eigenvalue weighted by Crippen LogP contribution is 2.22. The van der Waals surface area contributed by atoms with E-state index in [1.165, 1.54) is 9.13 Å². The van der Waals surface area contributed by atoms with Crippen LogP contribution >= 0.6 is 39.1 Å². The quantitative estimate of drug-likeness (QED) is 0.403. The standard InChI is InChI=1S/C20H15BrCl2N4O2/c1-25-17-16(26(19(23)24-17)11-13-4-2-3-5-15(13)22)18(28)27(20(25)29)10-12-6-8-14(21)9-7-12/h2-9H,10-11H2,1H3. The number of nitrogens with zero attached hydrogens (tertiary/aromatic N) is 4. The second-order valence-electron chi connectivity index (χ2n) is 6.59. The topological polar surface area (TPSA) is 61.8 Å². The number of hydrogen-bond acceptors (Lipinski definition) is 3. The van der Waals surface area contributed by atoms with Gasteiger partial charge in [-0.2, -0.15) is 4.98 Å². The van der Waals surface area contributed by atoms with E-state index in [1.54, 1.807) is 17.7 Å². The Bertz CT molecular complexity index is 1340. The highest BCUT2D eigenvalue weighted by Gasteiger charge is 2.20. The third kappa shape index (κ3) is 3.66. The first kappa shape index (κ1) is 19.9. The molecule has 0 fully saturated rings. The molecule has 0 aliphatic heterocycles. The molecule has 2 aromatic heterocycles. The van der Waals surface area contributed by atoms with E-state index >= 15 is 0 Å². The van der Waals surface area contributed by atoms with Gasteiger partial charge in [-0.25, -0.2) is 4.79 Å².